The Labute approximate surface area is 158 Å². The van der Waals surface area contributed by atoms with Gasteiger partial charge in [-0.2, -0.15) is 5.26 Å². The van der Waals surface area contributed by atoms with Gasteiger partial charge in [-0.1, -0.05) is 0 Å². The number of nitrogens with zero attached hydrogens (tertiary/aromatic N) is 2. The van der Waals surface area contributed by atoms with E-state index in [2.05, 4.69) is 10.2 Å². The topological polar surface area (TPSA) is 121 Å². The second-order valence-electron chi connectivity index (χ2n) is 6.93. The molecule has 0 unspecified atom stereocenters. The van der Waals surface area contributed by atoms with E-state index in [0.29, 0.717) is 55.5 Å². The number of ether oxygens (including phenoxy) is 2. The first-order valence-electron chi connectivity index (χ1n) is 9.34. The summed E-state index contributed by atoms with van der Waals surface area (Å²) in [6.07, 6.45) is 1.23. The highest BCUT2D eigenvalue weighted by Crippen LogP contribution is 2.35. The number of aliphatic hydroxyl groups excluding tert-OH is 1. The molecule has 0 bridgehead atoms. The molecule has 8 nitrogen and oxygen atoms in total. The number of hydrogen-bond donors (Lipinski definition) is 3. The molecule has 1 aromatic carbocycles. The summed E-state index contributed by atoms with van der Waals surface area (Å²) in [7, 11) is 0. The van der Waals surface area contributed by atoms with Gasteiger partial charge >= 0.3 is 0 Å². The fourth-order valence-corrected chi connectivity index (χ4v) is 3.51. The number of aliphatic hydroxyl groups is 1. The molecule has 0 aromatic heterocycles. The van der Waals surface area contributed by atoms with Gasteiger partial charge in [0, 0.05) is 25.1 Å². The van der Waals surface area contributed by atoms with E-state index >= 15 is 0 Å². The van der Waals surface area contributed by atoms with E-state index < -0.39 is 6.10 Å². The summed E-state index contributed by atoms with van der Waals surface area (Å²) in [6, 6.07) is 5.12. The van der Waals surface area contributed by atoms with Crippen molar-refractivity contribution in [3.8, 4) is 17.6 Å². The molecule has 0 spiro atoms. The maximum Gasteiger partial charge on any atom is 0.255 e. The van der Waals surface area contributed by atoms with E-state index in [1.165, 1.54) is 6.07 Å². The fourth-order valence-electron chi connectivity index (χ4n) is 3.51. The predicted molar refractivity (Wildman–Crippen MR) is 98.7 cm³/mol. The van der Waals surface area contributed by atoms with Crippen molar-refractivity contribution < 1.29 is 19.4 Å². The lowest BCUT2D eigenvalue weighted by Crippen LogP contribution is -2.48. The van der Waals surface area contributed by atoms with Gasteiger partial charge in [0.2, 0.25) is 0 Å². The number of nitrogens with one attached hydrogen (secondary N) is 1. The number of hydrogen-bond acceptors (Lipinski definition) is 7. The summed E-state index contributed by atoms with van der Waals surface area (Å²) >= 11 is 0. The molecule has 2 atom stereocenters. The number of piperidine rings is 1. The zero-order chi connectivity index (χ0) is 19.2. The number of fused-ring (bicyclic) bond motifs is 1. The first-order chi connectivity index (χ1) is 13.1. The number of rotatable bonds is 6. The molecule has 0 saturated carbocycles. The van der Waals surface area contributed by atoms with Crippen molar-refractivity contribution >= 4 is 5.91 Å². The smallest absolute Gasteiger partial charge is 0.255 e. The molecule has 146 valence electrons. The van der Waals surface area contributed by atoms with E-state index in [4.69, 9.17) is 15.2 Å². The summed E-state index contributed by atoms with van der Waals surface area (Å²) in [5, 5.41) is 22.4. The highest BCUT2D eigenvalue weighted by molar-refractivity contribution is 5.98. The highest BCUT2D eigenvalue weighted by Gasteiger charge is 2.28. The lowest BCUT2D eigenvalue weighted by Gasteiger charge is -2.36. The van der Waals surface area contributed by atoms with Crippen molar-refractivity contribution in [2.45, 2.75) is 18.9 Å². The molecule has 1 aromatic rings. The number of β-amino-alcohol motifs (C(OH)–C–C–N with tert-alkyl or cyclic N) is 1. The van der Waals surface area contributed by atoms with Gasteiger partial charge in [-0.25, -0.2) is 0 Å². The first kappa shape index (κ1) is 19.4. The molecule has 0 radical (unpaired) electrons. The zero-order valence-corrected chi connectivity index (χ0v) is 15.3. The van der Waals surface area contributed by atoms with Gasteiger partial charge < -0.3 is 30.5 Å². The predicted octanol–water partition coefficient (Wildman–Crippen LogP) is 0.0909. The minimum atomic E-state index is -0.490. The lowest BCUT2D eigenvalue weighted by molar-refractivity contribution is 0.0220. The van der Waals surface area contributed by atoms with Crippen LogP contribution < -0.4 is 20.5 Å². The Kier molecular flexibility index (Phi) is 6.50. The van der Waals surface area contributed by atoms with Crippen molar-refractivity contribution in [2.24, 2.45) is 11.7 Å². The molecular formula is C19H26N4O4. The van der Waals surface area contributed by atoms with Crippen LogP contribution in [-0.4, -0.2) is 68.0 Å². The second-order valence-corrected chi connectivity index (χ2v) is 6.93. The van der Waals surface area contributed by atoms with Crippen molar-refractivity contribution in [1.82, 2.24) is 10.2 Å². The summed E-state index contributed by atoms with van der Waals surface area (Å²) < 4.78 is 11.1. The SMILES string of the molecule is N#Cc1cc2c(c(C(=O)NC[C@@H]3CCN(CCCN)C[C@H]3O)c1)OCCO2. The van der Waals surface area contributed by atoms with Crippen LogP contribution in [0.1, 0.15) is 28.8 Å². The van der Waals surface area contributed by atoms with Gasteiger partial charge in [0.05, 0.1) is 23.3 Å². The third-order valence-corrected chi connectivity index (χ3v) is 5.02. The first-order valence-corrected chi connectivity index (χ1v) is 9.34. The molecule has 27 heavy (non-hydrogen) atoms. The van der Waals surface area contributed by atoms with Gasteiger partial charge in [-0.05, 0) is 38.5 Å². The zero-order valence-electron chi connectivity index (χ0n) is 15.3. The van der Waals surface area contributed by atoms with Crippen molar-refractivity contribution in [3.05, 3.63) is 23.3 Å². The van der Waals surface area contributed by atoms with Gasteiger partial charge in [-0.15, -0.1) is 0 Å². The summed E-state index contributed by atoms with van der Waals surface area (Å²) in [4.78, 5) is 14.9. The molecular weight excluding hydrogens is 348 g/mol. The molecule has 1 saturated heterocycles. The monoisotopic (exact) mass is 374 g/mol. The number of likely N-dealkylation sites (tertiary alicyclic amines) is 1. The highest BCUT2D eigenvalue weighted by atomic mass is 16.6. The second kappa shape index (κ2) is 9.04. The number of benzene rings is 1. The van der Waals surface area contributed by atoms with Gasteiger partial charge in [0.25, 0.3) is 5.91 Å². The maximum absolute atomic E-state index is 12.7. The van der Waals surface area contributed by atoms with Crippen LogP contribution in [0.4, 0.5) is 0 Å². The quantitative estimate of drug-likeness (QED) is 0.645. The van der Waals surface area contributed by atoms with Crippen LogP contribution in [0.15, 0.2) is 12.1 Å². The van der Waals surface area contributed by atoms with E-state index in [-0.39, 0.29) is 11.8 Å². The summed E-state index contributed by atoms with van der Waals surface area (Å²) in [6.45, 7) is 4.12. The molecule has 2 aliphatic heterocycles. The average Bonchev–Trinajstić information content (AvgIpc) is 2.70. The Balaban J connectivity index is 1.61. The third-order valence-electron chi connectivity index (χ3n) is 5.02. The van der Waals surface area contributed by atoms with Gasteiger partial charge in [-0.3, -0.25) is 4.79 Å². The van der Waals surface area contributed by atoms with Crippen LogP contribution in [0.25, 0.3) is 0 Å². The number of amides is 1. The van der Waals surface area contributed by atoms with Crippen LogP contribution in [0, 0.1) is 17.2 Å². The number of nitriles is 1. The van der Waals surface area contributed by atoms with E-state index in [1.807, 2.05) is 6.07 Å². The Morgan fingerprint density at radius 1 is 1.41 bits per heavy atom. The average molecular weight is 374 g/mol. The molecule has 2 aliphatic rings. The Morgan fingerprint density at radius 3 is 2.96 bits per heavy atom. The molecule has 4 N–H and O–H groups in total. The lowest BCUT2D eigenvalue weighted by atomic mass is 9.93. The molecule has 1 amide bonds. The normalized spacial score (nSPS) is 22.1. The molecule has 8 heteroatoms. The van der Waals surface area contributed by atoms with Crippen LogP contribution >= 0.6 is 0 Å². The fraction of sp³-hybridized carbons (Fsp3) is 0.579. The van der Waals surface area contributed by atoms with E-state index in [0.717, 1.165) is 25.9 Å². The van der Waals surface area contributed by atoms with Crippen molar-refractivity contribution in [1.29, 1.82) is 5.26 Å². The Bertz CT molecular complexity index is 718. The van der Waals surface area contributed by atoms with E-state index in [9.17, 15) is 15.2 Å². The number of carbonyl (C=O) groups is 1. The van der Waals surface area contributed by atoms with Crippen LogP contribution in [-0.2, 0) is 0 Å². The number of nitrogens with two attached hydrogens (primary N) is 1. The molecule has 0 aliphatic carbocycles. The van der Waals surface area contributed by atoms with Crippen LogP contribution in [0.5, 0.6) is 11.5 Å². The molecule has 3 rings (SSSR count). The Morgan fingerprint density at radius 2 is 2.22 bits per heavy atom. The van der Waals surface area contributed by atoms with Crippen molar-refractivity contribution in [2.75, 3.05) is 45.9 Å². The minimum Gasteiger partial charge on any atom is -0.486 e. The van der Waals surface area contributed by atoms with E-state index in [1.54, 1.807) is 6.07 Å². The largest absolute Gasteiger partial charge is 0.486 e. The van der Waals surface area contributed by atoms with Crippen LogP contribution in [0.2, 0.25) is 0 Å². The summed E-state index contributed by atoms with van der Waals surface area (Å²) in [5.74, 6) is 0.454. The van der Waals surface area contributed by atoms with Crippen molar-refractivity contribution in [3.63, 3.8) is 0 Å². The molecule has 1 fully saturated rings. The summed E-state index contributed by atoms with van der Waals surface area (Å²) in [5.41, 5.74) is 6.17. The van der Waals surface area contributed by atoms with Gasteiger partial charge in [0.1, 0.15) is 13.2 Å². The third kappa shape index (κ3) is 4.69. The maximum atomic E-state index is 12.7. The Hall–Kier alpha value is -2.34. The number of carbonyl (C=O) groups excluding carboxylic acids is 1. The van der Waals surface area contributed by atoms with Crippen LogP contribution in [0.3, 0.4) is 0 Å². The standard InChI is InChI=1S/C19H26N4O4/c20-3-1-4-23-5-2-14(16(24)12-23)11-22-19(25)15-8-13(10-21)9-17-18(15)27-7-6-26-17/h8-9,14,16,24H,1-7,11-12,20H2,(H,22,25)/t14-,16+/m0/s1. The molecule has 2 heterocycles. The minimum absolute atomic E-state index is 0.00443. The van der Waals surface area contributed by atoms with Gasteiger partial charge in [0.15, 0.2) is 11.5 Å².